The molecule has 4 rings (SSSR count). The van der Waals surface area contributed by atoms with Crippen LogP contribution in [-0.4, -0.2) is 50.4 Å². The largest absolute Gasteiger partial charge is 0.354 e. The van der Waals surface area contributed by atoms with Crippen LogP contribution in [0.4, 0.5) is 0 Å². The Kier molecular flexibility index (Phi) is 6.85. The molecule has 2 fully saturated rings. The van der Waals surface area contributed by atoms with Gasteiger partial charge in [-0.1, -0.05) is 36.4 Å². The Morgan fingerprint density at radius 1 is 1.14 bits per heavy atom. The Labute approximate surface area is 184 Å². The summed E-state index contributed by atoms with van der Waals surface area (Å²) in [5.74, 6) is 1.63. The standard InChI is InChI=1S/C21H27N3O2S.HI/c1-24(14-16-6-7-18-4-2-3-5-19(18)12-16)21(23-20-8-9-20)22-13-17-10-11-27(25,26)15-17;/h2-7,12,17,20H,8-11,13-15H2,1H3,(H,22,23);1H. The van der Waals surface area contributed by atoms with Gasteiger partial charge >= 0.3 is 0 Å². The fraction of sp³-hybridized carbons (Fsp3) is 0.476. The molecule has 0 aromatic heterocycles. The van der Waals surface area contributed by atoms with Crippen LogP contribution in [0.25, 0.3) is 10.8 Å². The van der Waals surface area contributed by atoms with Crippen LogP contribution < -0.4 is 5.32 Å². The molecule has 1 heterocycles. The van der Waals surface area contributed by atoms with Crippen LogP contribution in [0.15, 0.2) is 47.5 Å². The number of halogens is 1. The molecule has 2 aromatic carbocycles. The Morgan fingerprint density at radius 3 is 2.57 bits per heavy atom. The third-order valence-corrected chi connectivity index (χ3v) is 7.17. The lowest BCUT2D eigenvalue weighted by atomic mass is 10.1. The number of aliphatic imine (C=N–C) groups is 1. The summed E-state index contributed by atoms with van der Waals surface area (Å²) in [6.07, 6.45) is 3.10. The molecule has 1 saturated heterocycles. The number of fused-ring (bicyclic) bond motifs is 1. The molecule has 0 radical (unpaired) electrons. The average Bonchev–Trinajstić information content (AvgIpc) is 3.40. The van der Waals surface area contributed by atoms with E-state index in [1.807, 2.05) is 0 Å². The molecule has 0 bridgehead atoms. The molecule has 1 saturated carbocycles. The van der Waals surface area contributed by atoms with Gasteiger partial charge in [0.05, 0.1) is 11.5 Å². The normalized spacial score (nSPS) is 21.3. The molecular formula is C21H28IN3O2S. The lowest BCUT2D eigenvalue weighted by Gasteiger charge is -2.23. The van der Waals surface area contributed by atoms with E-state index in [1.165, 1.54) is 29.2 Å². The van der Waals surface area contributed by atoms with E-state index in [0.29, 0.717) is 18.3 Å². The first-order valence-electron chi connectivity index (χ1n) is 9.69. The minimum Gasteiger partial charge on any atom is -0.354 e. The van der Waals surface area contributed by atoms with Crippen LogP contribution >= 0.6 is 24.0 Å². The van der Waals surface area contributed by atoms with Gasteiger partial charge in [0.2, 0.25) is 0 Å². The lowest BCUT2D eigenvalue weighted by Crippen LogP contribution is -2.40. The third kappa shape index (κ3) is 5.59. The maximum Gasteiger partial charge on any atom is 0.194 e. The average molecular weight is 513 g/mol. The second-order valence-electron chi connectivity index (χ2n) is 7.89. The number of hydrogen-bond acceptors (Lipinski definition) is 3. The summed E-state index contributed by atoms with van der Waals surface area (Å²) in [4.78, 5) is 6.92. The van der Waals surface area contributed by atoms with Crippen LogP contribution in [0.5, 0.6) is 0 Å². The number of hydrogen-bond donors (Lipinski definition) is 1. The summed E-state index contributed by atoms with van der Waals surface area (Å²) < 4.78 is 23.4. The number of benzene rings is 2. The highest BCUT2D eigenvalue weighted by molar-refractivity contribution is 14.0. The first-order valence-corrected chi connectivity index (χ1v) is 11.5. The smallest absolute Gasteiger partial charge is 0.194 e. The van der Waals surface area contributed by atoms with Crippen molar-refractivity contribution in [3.8, 4) is 0 Å². The molecule has 2 aliphatic rings. The first-order chi connectivity index (χ1) is 13.0. The van der Waals surface area contributed by atoms with Crippen molar-refractivity contribution in [1.82, 2.24) is 10.2 Å². The van der Waals surface area contributed by atoms with Crippen molar-refractivity contribution in [3.05, 3.63) is 48.0 Å². The lowest BCUT2D eigenvalue weighted by molar-refractivity contribution is 0.470. The van der Waals surface area contributed by atoms with Crippen molar-refractivity contribution in [1.29, 1.82) is 0 Å². The number of nitrogens with one attached hydrogen (secondary N) is 1. The Hall–Kier alpha value is -1.35. The zero-order valence-corrected chi connectivity index (χ0v) is 19.3. The van der Waals surface area contributed by atoms with Gasteiger partial charge in [0.1, 0.15) is 0 Å². The molecule has 1 N–H and O–H groups in total. The van der Waals surface area contributed by atoms with Crippen molar-refractivity contribution in [2.24, 2.45) is 10.9 Å². The van der Waals surface area contributed by atoms with Gasteiger partial charge in [-0.15, -0.1) is 24.0 Å². The Bertz CT molecular complexity index is 957. The van der Waals surface area contributed by atoms with Crippen LogP contribution in [0.1, 0.15) is 24.8 Å². The third-order valence-electron chi connectivity index (χ3n) is 5.33. The second kappa shape index (κ2) is 8.98. The van der Waals surface area contributed by atoms with E-state index in [9.17, 15) is 8.42 Å². The Morgan fingerprint density at radius 2 is 1.89 bits per heavy atom. The molecule has 0 amide bonds. The van der Waals surface area contributed by atoms with Crippen LogP contribution in [0.3, 0.4) is 0 Å². The second-order valence-corrected chi connectivity index (χ2v) is 10.1. The molecule has 0 spiro atoms. The maximum atomic E-state index is 11.7. The number of nitrogens with zero attached hydrogens (tertiary/aromatic N) is 2. The van der Waals surface area contributed by atoms with E-state index in [4.69, 9.17) is 4.99 Å². The van der Waals surface area contributed by atoms with Crippen molar-refractivity contribution < 1.29 is 8.42 Å². The monoisotopic (exact) mass is 513 g/mol. The van der Waals surface area contributed by atoms with Gasteiger partial charge in [0, 0.05) is 26.2 Å². The van der Waals surface area contributed by atoms with Crippen LogP contribution in [-0.2, 0) is 16.4 Å². The van der Waals surface area contributed by atoms with Crippen molar-refractivity contribution >= 4 is 50.5 Å². The molecule has 1 atom stereocenters. The fourth-order valence-corrected chi connectivity index (χ4v) is 5.45. The summed E-state index contributed by atoms with van der Waals surface area (Å²) in [7, 11) is -0.797. The molecule has 2 aromatic rings. The summed E-state index contributed by atoms with van der Waals surface area (Å²) in [5.41, 5.74) is 1.24. The quantitative estimate of drug-likeness (QED) is 0.378. The minimum atomic E-state index is -2.85. The van der Waals surface area contributed by atoms with E-state index in [0.717, 1.165) is 18.9 Å². The minimum absolute atomic E-state index is 0. The number of guanidine groups is 1. The van der Waals surface area contributed by atoms with Crippen LogP contribution in [0.2, 0.25) is 0 Å². The predicted octanol–water partition coefficient (Wildman–Crippen LogP) is 3.43. The first kappa shape index (κ1) is 21.4. The van der Waals surface area contributed by atoms with E-state index >= 15 is 0 Å². The van der Waals surface area contributed by atoms with Gasteiger partial charge in [-0.05, 0) is 47.6 Å². The SMILES string of the molecule is CN(Cc1ccc2ccccc2c1)C(=NCC1CCS(=O)(=O)C1)NC1CC1.I. The highest BCUT2D eigenvalue weighted by Gasteiger charge is 2.28. The van der Waals surface area contributed by atoms with E-state index in [1.54, 1.807) is 0 Å². The number of sulfone groups is 1. The van der Waals surface area contributed by atoms with Gasteiger partial charge < -0.3 is 10.2 Å². The van der Waals surface area contributed by atoms with Gasteiger partial charge in [0.15, 0.2) is 15.8 Å². The molecule has 28 heavy (non-hydrogen) atoms. The highest BCUT2D eigenvalue weighted by Crippen LogP contribution is 2.21. The molecule has 5 nitrogen and oxygen atoms in total. The molecule has 1 aliphatic carbocycles. The maximum absolute atomic E-state index is 11.7. The highest BCUT2D eigenvalue weighted by atomic mass is 127. The Balaban J connectivity index is 0.00000225. The van der Waals surface area contributed by atoms with Gasteiger partial charge in [-0.3, -0.25) is 4.99 Å². The zero-order chi connectivity index (χ0) is 18.9. The van der Waals surface area contributed by atoms with E-state index in [2.05, 4.69) is 59.7 Å². The van der Waals surface area contributed by atoms with Crippen LogP contribution in [0, 0.1) is 5.92 Å². The summed E-state index contributed by atoms with van der Waals surface area (Å²) in [5, 5.41) is 6.01. The topological polar surface area (TPSA) is 61.8 Å². The summed E-state index contributed by atoms with van der Waals surface area (Å²) >= 11 is 0. The van der Waals surface area contributed by atoms with Crippen molar-refractivity contribution in [2.45, 2.75) is 31.8 Å². The molecular weight excluding hydrogens is 485 g/mol. The van der Waals surface area contributed by atoms with Crippen molar-refractivity contribution in [3.63, 3.8) is 0 Å². The molecule has 1 unspecified atom stereocenters. The summed E-state index contributed by atoms with van der Waals surface area (Å²) in [6, 6.07) is 15.4. The molecule has 7 heteroatoms. The summed E-state index contributed by atoms with van der Waals surface area (Å²) in [6.45, 7) is 1.35. The van der Waals surface area contributed by atoms with E-state index in [-0.39, 0.29) is 35.6 Å². The zero-order valence-electron chi connectivity index (χ0n) is 16.2. The van der Waals surface area contributed by atoms with E-state index < -0.39 is 9.84 Å². The molecule has 152 valence electrons. The van der Waals surface area contributed by atoms with Gasteiger partial charge in [-0.2, -0.15) is 0 Å². The molecule has 1 aliphatic heterocycles. The number of rotatable bonds is 5. The van der Waals surface area contributed by atoms with Gasteiger partial charge in [0.25, 0.3) is 0 Å². The van der Waals surface area contributed by atoms with Gasteiger partial charge in [-0.25, -0.2) is 8.42 Å². The predicted molar refractivity (Wildman–Crippen MR) is 126 cm³/mol. The fourth-order valence-electron chi connectivity index (χ4n) is 3.60. The van der Waals surface area contributed by atoms with Crippen molar-refractivity contribution in [2.75, 3.05) is 25.1 Å².